The number of carbonyl (C=O) groups is 1. The third-order valence-corrected chi connectivity index (χ3v) is 4.76. The molecule has 0 spiro atoms. The van der Waals surface area contributed by atoms with E-state index in [4.69, 9.17) is 19.5 Å². The van der Waals surface area contributed by atoms with E-state index in [0.29, 0.717) is 59.2 Å². The molecule has 0 rings (SSSR count). The van der Waals surface area contributed by atoms with Crippen molar-refractivity contribution < 1.29 is 28.5 Å². The van der Waals surface area contributed by atoms with Gasteiger partial charge in [-0.25, -0.2) is 9.79 Å². The zero-order valence-electron chi connectivity index (χ0n) is 19.7. The Labute approximate surface area is 193 Å². The van der Waals surface area contributed by atoms with E-state index in [9.17, 15) is 9.59 Å². The Hall–Kier alpha value is -1.98. The van der Waals surface area contributed by atoms with Crippen LogP contribution in [0.2, 0.25) is 0 Å². The Bertz CT molecular complexity index is 520. The first kappa shape index (κ1) is 30.0. The minimum absolute atomic E-state index is 0.182. The van der Waals surface area contributed by atoms with E-state index in [-0.39, 0.29) is 5.97 Å². The van der Waals surface area contributed by atoms with E-state index < -0.39 is 0 Å². The van der Waals surface area contributed by atoms with Crippen LogP contribution in [0.15, 0.2) is 4.99 Å². The Kier molecular flexibility index (Phi) is 23.7. The fourth-order valence-electron chi connectivity index (χ4n) is 2.98. The summed E-state index contributed by atoms with van der Waals surface area (Å²) in [6.07, 6.45) is 11.5. The van der Waals surface area contributed by atoms with Crippen molar-refractivity contribution in [3.05, 3.63) is 0 Å². The van der Waals surface area contributed by atoms with Gasteiger partial charge in [-0.1, -0.05) is 19.3 Å². The van der Waals surface area contributed by atoms with Gasteiger partial charge in [0.25, 0.3) is 6.26 Å². The summed E-state index contributed by atoms with van der Waals surface area (Å²) >= 11 is 0. The summed E-state index contributed by atoms with van der Waals surface area (Å²) in [7, 11) is 0. The number of ether oxygens (including phenoxy) is 4. The first-order valence-corrected chi connectivity index (χ1v) is 11.8. The number of unbranched alkanes of at least 4 members (excludes halogenated alkanes) is 6. The SMILES string of the molecule is CCOC(=O)CCN(CCOCCCCCCN=C=O)CCOCCCCCCOC#N. The van der Waals surface area contributed by atoms with Gasteiger partial charge in [0, 0.05) is 32.8 Å². The number of aliphatic imine (C=N–C) groups is 1. The molecule has 0 bridgehead atoms. The quantitative estimate of drug-likeness (QED) is 0.0717. The van der Waals surface area contributed by atoms with Crippen LogP contribution in [0.25, 0.3) is 0 Å². The smallest absolute Gasteiger partial charge is 0.307 e. The van der Waals surface area contributed by atoms with Crippen molar-refractivity contribution in [3.63, 3.8) is 0 Å². The molecule has 0 saturated carbocycles. The monoisotopic (exact) mass is 455 g/mol. The van der Waals surface area contributed by atoms with Crippen molar-refractivity contribution in [2.24, 2.45) is 4.99 Å². The second-order valence-electron chi connectivity index (χ2n) is 7.36. The van der Waals surface area contributed by atoms with Crippen LogP contribution in [0, 0.1) is 11.5 Å². The van der Waals surface area contributed by atoms with Crippen LogP contribution >= 0.6 is 0 Å². The summed E-state index contributed by atoms with van der Waals surface area (Å²) in [5.41, 5.74) is 0. The van der Waals surface area contributed by atoms with Crippen LogP contribution < -0.4 is 0 Å². The third-order valence-electron chi connectivity index (χ3n) is 4.76. The molecular weight excluding hydrogens is 414 g/mol. The van der Waals surface area contributed by atoms with Crippen LogP contribution in [-0.2, 0) is 28.5 Å². The van der Waals surface area contributed by atoms with Gasteiger partial charge < -0.3 is 18.9 Å². The summed E-state index contributed by atoms with van der Waals surface area (Å²) < 4.78 is 21.1. The minimum atomic E-state index is -0.182. The second-order valence-corrected chi connectivity index (χ2v) is 7.36. The maximum absolute atomic E-state index is 11.7. The maximum atomic E-state index is 11.7. The predicted molar refractivity (Wildman–Crippen MR) is 121 cm³/mol. The van der Waals surface area contributed by atoms with Crippen molar-refractivity contribution in [1.82, 2.24) is 4.90 Å². The number of esters is 1. The number of carbonyl (C=O) groups excluding carboxylic acids is 2. The maximum Gasteiger partial charge on any atom is 0.307 e. The van der Waals surface area contributed by atoms with Gasteiger partial charge in [0.1, 0.15) is 6.61 Å². The zero-order valence-corrected chi connectivity index (χ0v) is 19.7. The Morgan fingerprint density at radius 3 is 2.00 bits per heavy atom. The van der Waals surface area contributed by atoms with Gasteiger partial charge in [-0.3, -0.25) is 9.69 Å². The molecule has 9 nitrogen and oxygen atoms in total. The Balaban J connectivity index is 3.87. The molecule has 0 atom stereocenters. The van der Waals surface area contributed by atoms with Gasteiger partial charge in [0.2, 0.25) is 6.08 Å². The van der Waals surface area contributed by atoms with Crippen molar-refractivity contribution in [3.8, 4) is 6.26 Å². The number of nitrogens with zero attached hydrogens (tertiary/aromatic N) is 3. The third kappa shape index (κ3) is 22.7. The minimum Gasteiger partial charge on any atom is -0.466 e. The molecule has 0 unspecified atom stereocenters. The van der Waals surface area contributed by atoms with Gasteiger partial charge in [0.15, 0.2) is 0 Å². The summed E-state index contributed by atoms with van der Waals surface area (Å²) in [4.78, 5) is 27.4. The molecule has 184 valence electrons. The van der Waals surface area contributed by atoms with Gasteiger partial charge >= 0.3 is 5.97 Å². The predicted octanol–water partition coefficient (Wildman–Crippen LogP) is 3.23. The van der Waals surface area contributed by atoms with Crippen LogP contribution in [0.3, 0.4) is 0 Å². The molecule has 0 aromatic heterocycles. The van der Waals surface area contributed by atoms with Crippen LogP contribution in [-0.4, -0.2) is 82.8 Å². The fraction of sp³-hybridized carbons (Fsp3) is 0.870. The molecule has 0 aromatic rings. The summed E-state index contributed by atoms with van der Waals surface area (Å²) in [5.74, 6) is -0.182. The van der Waals surface area contributed by atoms with E-state index >= 15 is 0 Å². The summed E-state index contributed by atoms with van der Waals surface area (Å²) in [5, 5.41) is 8.30. The van der Waals surface area contributed by atoms with E-state index in [2.05, 4.69) is 14.6 Å². The highest BCUT2D eigenvalue weighted by Crippen LogP contribution is 2.02. The Morgan fingerprint density at radius 1 is 0.844 bits per heavy atom. The molecule has 0 fully saturated rings. The average Bonchev–Trinajstić information content (AvgIpc) is 2.79. The number of isocyanates is 1. The van der Waals surface area contributed by atoms with Gasteiger partial charge in [-0.2, -0.15) is 5.26 Å². The molecule has 9 heteroatoms. The lowest BCUT2D eigenvalue weighted by atomic mass is 10.2. The number of rotatable bonds is 24. The van der Waals surface area contributed by atoms with Crippen LogP contribution in [0.5, 0.6) is 0 Å². The van der Waals surface area contributed by atoms with Crippen LogP contribution in [0.4, 0.5) is 0 Å². The number of hydrogen-bond acceptors (Lipinski definition) is 9. The summed E-state index contributed by atoms with van der Waals surface area (Å²) in [6, 6.07) is 0. The average molecular weight is 456 g/mol. The second kappa shape index (κ2) is 25.3. The van der Waals surface area contributed by atoms with E-state index in [1.165, 1.54) is 0 Å². The van der Waals surface area contributed by atoms with Crippen molar-refractivity contribution in [1.29, 1.82) is 5.26 Å². The van der Waals surface area contributed by atoms with Gasteiger partial charge in [-0.05, 0) is 39.0 Å². The van der Waals surface area contributed by atoms with Crippen molar-refractivity contribution >= 4 is 12.0 Å². The lowest BCUT2D eigenvalue weighted by Gasteiger charge is -2.22. The molecule has 32 heavy (non-hydrogen) atoms. The van der Waals surface area contributed by atoms with Crippen molar-refractivity contribution in [2.75, 3.05) is 65.8 Å². The highest BCUT2D eigenvalue weighted by atomic mass is 16.5. The van der Waals surface area contributed by atoms with Crippen LogP contribution in [0.1, 0.15) is 64.7 Å². The zero-order chi connectivity index (χ0) is 23.5. The molecule has 0 saturated heterocycles. The van der Waals surface area contributed by atoms with E-state index in [1.54, 1.807) is 12.3 Å². The first-order valence-electron chi connectivity index (χ1n) is 11.8. The number of nitriles is 1. The molecule has 0 N–H and O–H groups in total. The molecule has 0 radical (unpaired) electrons. The normalized spacial score (nSPS) is 10.5. The molecule has 0 aliphatic carbocycles. The van der Waals surface area contributed by atoms with E-state index in [0.717, 1.165) is 64.5 Å². The molecule has 0 aliphatic heterocycles. The lowest BCUT2D eigenvalue weighted by molar-refractivity contribution is -0.143. The van der Waals surface area contributed by atoms with Crippen molar-refractivity contribution in [2.45, 2.75) is 64.7 Å². The molecule has 0 amide bonds. The van der Waals surface area contributed by atoms with Gasteiger partial charge in [-0.15, -0.1) is 0 Å². The summed E-state index contributed by atoms with van der Waals surface area (Å²) in [6.45, 7) is 8.02. The first-order chi connectivity index (χ1) is 15.7. The largest absolute Gasteiger partial charge is 0.466 e. The topological polar surface area (TPSA) is 110 Å². The Morgan fingerprint density at radius 2 is 1.44 bits per heavy atom. The standard InChI is InChI=1S/C23H41N3O6/c1-2-32-23(28)11-13-26(14-19-29-16-8-4-3-7-12-25-22-27)15-20-30-17-9-5-6-10-18-31-21-24/h2-20H2,1H3. The fourth-order valence-corrected chi connectivity index (χ4v) is 2.98. The highest BCUT2D eigenvalue weighted by molar-refractivity contribution is 5.69. The molecular formula is C23H41N3O6. The van der Waals surface area contributed by atoms with E-state index in [1.807, 2.05) is 6.92 Å². The van der Waals surface area contributed by atoms with Gasteiger partial charge in [0.05, 0.1) is 32.8 Å². The molecule has 0 aliphatic rings. The highest BCUT2D eigenvalue weighted by Gasteiger charge is 2.09. The molecule has 0 aromatic carbocycles. The number of hydrogen-bond donors (Lipinski definition) is 0. The lowest BCUT2D eigenvalue weighted by Crippen LogP contribution is -2.33. The molecule has 0 heterocycles.